The maximum Gasteiger partial charge on any atom is 0.151 e. The number of nitrogens with zero attached hydrogens (tertiary/aromatic N) is 2. The molecule has 0 amide bonds. The quantitative estimate of drug-likeness (QED) is 0.771. The molecular formula is C9H13N3O2S. The predicted molar refractivity (Wildman–Crippen MR) is 55.9 cm³/mol. The Balaban J connectivity index is 1.85. The Kier molecular flexibility index (Phi) is 2.97. The molecule has 6 heteroatoms. The summed E-state index contributed by atoms with van der Waals surface area (Å²) in [4.78, 5) is 7.87. The number of rotatable bonds is 3. The van der Waals surface area contributed by atoms with Crippen molar-refractivity contribution in [2.75, 3.05) is 11.5 Å². The van der Waals surface area contributed by atoms with Crippen LogP contribution in [0.4, 0.5) is 0 Å². The normalized spacial score (nSPS) is 24.1. The molecule has 1 unspecified atom stereocenters. The summed E-state index contributed by atoms with van der Waals surface area (Å²) in [6.07, 6.45) is 3.87. The highest BCUT2D eigenvalue weighted by atomic mass is 32.2. The molecule has 5 nitrogen and oxygen atoms in total. The standard InChI is InChI=1S/C9H13N3O2S/c13-15(14)4-2-9(6-15)11-5-8-1-3-10-7-12-8/h1,3,7,9,11H,2,4-6H2. The molecule has 15 heavy (non-hydrogen) atoms. The van der Waals surface area contributed by atoms with Crippen molar-refractivity contribution in [3.8, 4) is 0 Å². The van der Waals surface area contributed by atoms with Crippen molar-refractivity contribution in [2.45, 2.75) is 19.0 Å². The van der Waals surface area contributed by atoms with Crippen LogP contribution in [0.5, 0.6) is 0 Å². The van der Waals surface area contributed by atoms with Crippen LogP contribution >= 0.6 is 0 Å². The van der Waals surface area contributed by atoms with Crippen molar-refractivity contribution in [1.29, 1.82) is 0 Å². The summed E-state index contributed by atoms with van der Waals surface area (Å²) in [6.45, 7) is 0.600. The Hall–Kier alpha value is -1.01. The second kappa shape index (κ2) is 4.24. The molecule has 0 saturated carbocycles. The fourth-order valence-corrected chi connectivity index (χ4v) is 3.34. The van der Waals surface area contributed by atoms with Gasteiger partial charge in [-0.15, -0.1) is 0 Å². The van der Waals surface area contributed by atoms with Crippen LogP contribution in [-0.4, -0.2) is 35.9 Å². The lowest BCUT2D eigenvalue weighted by Crippen LogP contribution is -2.29. The van der Waals surface area contributed by atoms with Crippen molar-refractivity contribution >= 4 is 9.84 Å². The first-order chi connectivity index (χ1) is 7.16. The summed E-state index contributed by atoms with van der Waals surface area (Å²) in [7, 11) is -2.80. The molecule has 1 aromatic heterocycles. The minimum absolute atomic E-state index is 0.0740. The molecule has 0 aromatic carbocycles. The third kappa shape index (κ3) is 2.97. The van der Waals surface area contributed by atoms with E-state index in [0.29, 0.717) is 18.7 Å². The van der Waals surface area contributed by atoms with Gasteiger partial charge in [0.15, 0.2) is 9.84 Å². The first kappa shape index (κ1) is 10.5. The zero-order valence-corrected chi connectivity index (χ0v) is 9.07. The van der Waals surface area contributed by atoms with Crippen molar-refractivity contribution in [1.82, 2.24) is 15.3 Å². The molecule has 2 heterocycles. The van der Waals surface area contributed by atoms with Crippen molar-refractivity contribution in [3.63, 3.8) is 0 Å². The van der Waals surface area contributed by atoms with E-state index in [-0.39, 0.29) is 11.8 Å². The van der Waals surface area contributed by atoms with E-state index in [1.165, 1.54) is 6.33 Å². The molecular weight excluding hydrogens is 214 g/mol. The van der Waals surface area contributed by atoms with Gasteiger partial charge in [-0.2, -0.15) is 0 Å². The Morgan fingerprint density at radius 2 is 2.40 bits per heavy atom. The van der Waals surface area contributed by atoms with Gasteiger partial charge < -0.3 is 5.32 Å². The van der Waals surface area contributed by atoms with Crippen LogP contribution in [0.2, 0.25) is 0 Å². The van der Waals surface area contributed by atoms with Crippen molar-refractivity contribution in [2.24, 2.45) is 0 Å². The van der Waals surface area contributed by atoms with Gasteiger partial charge in [-0.05, 0) is 12.5 Å². The molecule has 1 saturated heterocycles. The van der Waals surface area contributed by atoms with E-state index in [0.717, 1.165) is 5.69 Å². The highest BCUT2D eigenvalue weighted by molar-refractivity contribution is 7.91. The smallest absolute Gasteiger partial charge is 0.151 e. The molecule has 2 rings (SSSR count). The Labute approximate surface area is 88.9 Å². The molecule has 0 bridgehead atoms. The predicted octanol–water partition coefficient (Wildman–Crippen LogP) is -0.247. The molecule has 1 aromatic rings. The average molecular weight is 227 g/mol. The molecule has 82 valence electrons. The number of aromatic nitrogens is 2. The largest absolute Gasteiger partial charge is 0.307 e. The minimum Gasteiger partial charge on any atom is -0.307 e. The van der Waals surface area contributed by atoms with Gasteiger partial charge in [-0.25, -0.2) is 18.4 Å². The SMILES string of the molecule is O=S1(=O)CCC(NCc2ccncn2)C1. The Morgan fingerprint density at radius 3 is 3.00 bits per heavy atom. The monoisotopic (exact) mass is 227 g/mol. The lowest BCUT2D eigenvalue weighted by molar-refractivity contribution is 0.548. The van der Waals surface area contributed by atoms with Gasteiger partial charge in [-0.3, -0.25) is 0 Å². The van der Waals surface area contributed by atoms with E-state index in [2.05, 4.69) is 15.3 Å². The second-order valence-electron chi connectivity index (χ2n) is 3.68. The molecule has 0 aliphatic carbocycles. The summed E-state index contributed by atoms with van der Waals surface area (Å²) in [5.41, 5.74) is 0.884. The summed E-state index contributed by atoms with van der Waals surface area (Å²) < 4.78 is 22.4. The van der Waals surface area contributed by atoms with Gasteiger partial charge in [0.25, 0.3) is 0 Å². The zero-order chi connectivity index (χ0) is 10.7. The first-order valence-electron chi connectivity index (χ1n) is 4.84. The molecule has 1 aliphatic rings. The number of nitrogens with one attached hydrogen (secondary N) is 1. The van der Waals surface area contributed by atoms with Crippen LogP contribution in [0.3, 0.4) is 0 Å². The number of hydrogen-bond acceptors (Lipinski definition) is 5. The van der Waals surface area contributed by atoms with Gasteiger partial charge >= 0.3 is 0 Å². The maximum atomic E-state index is 11.2. The van der Waals surface area contributed by atoms with Gasteiger partial charge in [0.1, 0.15) is 6.33 Å². The highest BCUT2D eigenvalue weighted by Gasteiger charge is 2.27. The van der Waals surface area contributed by atoms with E-state index < -0.39 is 9.84 Å². The van der Waals surface area contributed by atoms with E-state index >= 15 is 0 Å². The van der Waals surface area contributed by atoms with Crippen molar-refractivity contribution < 1.29 is 8.42 Å². The lowest BCUT2D eigenvalue weighted by Gasteiger charge is -2.09. The molecule has 1 N–H and O–H groups in total. The van der Waals surface area contributed by atoms with Crippen LogP contribution in [0, 0.1) is 0 Å². The highest BCUT2D eigenvalue weighted by Crippen LogP contribution is 2.11. The maximum absolute atomic E-state index is 11.2. The summed E-state index contributed by atoms with van der Waals surface area (Å²) in [6, 6.07) is 1.89. The van der Waals surface area contributed by atoms with Crippen LogP contribution < -0.4 is 5.32 Å². The third-order valence-corrected chi connectivity index (χ3v) is 4.22. The Bertz CT molecular complexity index is 418. The van der Waals surface area contributed by atoms with E-state index in [1.54, 1.807) is 6.20 Å². The van der Waals surface area contributed by atoms with Crippen LogP contribution in [0.15, 0.2) is 18.6 Å². The van der Waals surface area contributed by atoms with Crippen LogP contribution in [0.25, 0.3) is 0 Å². The lowest BCUT2D eigenvalue weighted by atomic mass is 10.2. The summed E-state index contributed by atoms with van der Waals surface area (Å²) >= 11 is 0. The topological polar surface area (TPSA) is 72.0 Å². The van der Waals surface area contributed by atoms with E-state index in [9.17, 15) is 8.42 Å². The molecule has 0 radical (unpaired) electrons. The number of sulfone groups is 1. The summed E-state index contributed by atoms with van der Waals surface area (Å²) in [5.74, 6) is 0.548. The fraction of sp³-hybridized carbons (Fsp3) is 0.556. The average Bonchev–Trinajstić information content (AvgIpc) is 2.57. The zero-order valence-electron chi connectivity index (χ0n) is 8.26. The van der Waals surface area contributed by atoms with Gasteiger partial charge in [0, 0.05) is 18.8 Å². The minimum atomic E-state index is -2.80. The Morgan fingerprint density at radius 1 is 1.53 bits per heavy atom. The first-order valence-corrected chi connectivity index (χ1v) is 6.66. The molecule has 1 atom stereocenters. The van der Waals surface area contributed by atoms with Gasteiger partial charge in [0.2, 0.25) is 0 Å². The van der Waals surface area contributed by atoms with Gasteiger partial charge in [0.05, 0.1) is 17.2 Å². The fourth-order valence-electron chi connectivity index (χ4n) is 1.63. The molecule has 1 fully saturated rings. The van der Waals surface area contributed by atoms with Gasteiger partial charge in [-0.1, -0.05) is 0 Å². The van der Waals surface area contributed by atoms with Crippen molar-refractivity contribution in [3.05, 3.63) is 24.3 Å². The van der Waals surface area contributed by atoms with Crippen LogP contribution in [-0.2, 0) is 16.4 Å². The molecule has 0 spiro atoms. The third-order valence-electron chi connectivity index (χ3n) is 2.45. The van der Waals surface area contributed by atoms with E-state index in [1.807, 2.05) is 6.07 Å². The number of hydrogen-bond donors (Lipinski definition) is 1. The summed E-state index contributed by atoms with van der Waals surface area (Å²) in [5, 5.41) is 3.18. The second-order valence-corrected chi connectivity index (χ2v) is 5.91. The molecule has 1 aliphatic heterocycles. The van der Waals surface area contributed by atoms with Crippen LogP contribution in [0.1, 0.15) is 12.1 Å². The van der Waals surface area contributed by atoms with E-state index in [4.69, 9.17) is 0 Å².